The van der Waals surface area contributed by atoms with E-state index in [9.17, 15) is 8.78 Å². The van der Waals surface area contributed by atoms with Crippen LogP contribution >= 0.6 is 24.0 Å². The fraction of sp³-hybridized carbons (Fsp3) is 0.429. The third-order valence-electron chi connectivity index (χ3n) is 4.04. The Labute approximate surface area is 198 Å². The zero-order chi connectivity index (χ0) is 21.8. The second-order valence-corrected chi connectivity index (χ2v) is 6.36. The summed E-state index contributed by atoms with van der Waals surface area (Å²) in [6.45, 7) is 1.69. The van der Waals surface area contributed by atoms with Crippen molar-refractivity contribution in [3.63, 3.8) is 0 Å². The lowest BCUT2D eigenvalue weighted by molar-refractivity contribution is -0.0498. The van der Waals surface area contributed by atoms with Crippen LogP contribution in [0.1, 0.15) is 18.1 Å². The summed E-state index contributed by atoms with van der Waals surface area (Å²) >= 11 is 0. The summed E-state index contributed by atoms with van der Waals surface area (Å²) in [6, 6.07) is 10.3. The van der Waals surface area contributed by atoms with Gasteiger partial charge >= 0.3 is 6.61 Å². The highest BCUT2D eigenvalue weighted by Crippen LogP contribution is 2.17. The Balaban J connectivity index is 0.00000480. The van der Waals surface area contributed by atoms with Crippen molar-refractivity contribution >= 4 is 29.9 Å². The van der Waals surface area contributed by atoms with Crippen LogP contribution in [0.4, 0.5) is 8.78 Å². The zero-order valence-electron chi connectivity index (χ0n) is 17.9. The molecule has 0 saturated carbocycles. The van der Waals surface area contributed by atoms with Gasteiger partial charge < -0.3 is 24.4 Å². The Hall–Kier alpha value is -2.21. The molecule has 2 aromatic rings. The summed E-state index contributed by atoms with van der Waals surface area (Å²) < 4.78 is 39.6. The summed E-state index contributed by atoms with van der Waals surface area (Å²) in [6.07, 6.45) is 1.67. The van der Waals surface area contributed by atoms with Crippen LogP contribution in [0, 0.1) is 0 Å². The number of methoxy groups -OCH3 is 1. The van der Waals surface area contributed by atoms with Gasteiger partial charge in [-0.3, -0.25) is 0 Å². The molecule has 0 atom stereocenters. The zero-order valence-corrected chi connectivity index (χ0v) is 20.2. The third-order valence-corrected chi connectivity index (χ3v) is 4.04. The van der Waals surface area contributed by atoms with Gasteiger partial charge in [-0.2, -0.15) is 8.78 Å². The van der Waals surface area contributed by atoms with Crippen molar-refractivity contribution in [2.45, 2.75) is 26.6 Å². The second-order valence-electron chi connectivity index (χ2n) is 6.36. The van der Waals surface area contributed by atoms with Crippen molar-refractivity contribution in [3.05, 3.63) is 53.7 Å². The van der Waals surface area contributed by atoms with E-state index in [2.05, 4.69) is 20.0 Å². The van der Waals surface area contributed by atoms with Crippen LogP contribution in [0.15, 0.2) is 47.6 Å². The lowest BCUT2D eigenvalue weighted by Gasteiger charge is -2.22. The number of guanidine groups is 1. The maximum absolute atomic E-state index is 12.3. The molecule has 1 heterocycles. The van der Waals surface area contributed by atoms with Gasteiger partial charge in [-0.25, -0.2) is 9.98 Å². The summed E-state index contributed by atoms with van der Waals surface area (Å²) in [7, 11) is 3.52. The number of aromatic nitrogens is 1. The first-order chi connectivity index (χ1) is 14.5. The van der Waals surface area contributed by atoms with Crippen LogP contribution in [0.2, 0.25) is 0 Å². The summed E-state index contributed by atoms with van der Waals surface area (Å²) in [5.74, 6) is 1.37. The van der Waals surface area contributed by atoms with Crippen molar-refractivity contribution in [2.24, 2.45) is 4.99 Å². The molecule has 31 heavy (non-hydrogen) atoms. The van der Waals surface area contributed by atoms with Crippen molar-refractivity contribution in [1.29, 1.82) is 0 Å². The first kappa shape index (κ1) is 26.8. The molecule has 0 spiro atoms. The van der Waals surface area contributed by atoms with Gasteiger partial charge in [0.2, 0.25) is 5.88 Å². The van der Waals surface area contributed by atoms with Gasteiger partial charge in [0.05, 0.1) is 13.2 Å². The van der Waals surface area contributed by atoms with Crippen LogP contribution in [-0.2, 0) is 17.8 Å². The van der Waals surface area contributed by atoms with Gasteiger partial charge in [-0.05, 0) is 30.7 Å². The quantitative estimate of drug-likeness (QED) is 0.198. The molecule has 0 radical (unpaired) electrons. The number of aliphatic imine (C=N–C) groups is 1. The number of nitrogens with one attached hydrogen (secondary N) is 1. The van der Waals surface area contributed by atoms with E-state index in [1.165, 1.54) is 12.1 Å². The van der Waals surface area contributed by atoms with Gasteiger partial charge in [0, 0.05) is 39.0 Å². The number of halogens is 3. The van der Waals surface area contributed by atoms with Gasteiger partial charge in [-0.1, -0.05) is 18.2 Å². The molecule has 1 aromatic heterocycles. The number of benzene rings is 1. The standard InChI is InChI=1S/C21H28F2N4O3.HI/c1-4-24-21(26-14-17-6-5-11-25-19(17)29-13-12-28-3)27(2)15-16-7-9-18(10-8-16)30-20(22)23;/h5-11,20H,4,12-15H2,1-3H3,(H,24,26);1H. The van der Waals surface area contributed by atoms with E-state index in [-0.39, 0.29) is 29.7 Å². The first-order valence-corrected chi connectivity index (χ1v) is 9.62. The topological polar surface area (TPSA) is 68.2 Å². The van der Waals surface area contributed by atoms with E-state index >= 15 is 0 Å². The van der Waals surface area contributed by atoms with Crippen molar-refractivity contribution < 1.29 is 23.0 Å². The smallest absolute Gasteiger partial charge is 0.387 e. The van der Waals surface area contributed by atoms with Crippen LogP contribution in [0.5, 0.6) is 11.6 Å². The van der Waals surface area contributed by atoms with Crippen molar-refractivity contribution in [2.75, 3.05) is 33.9 Å². The molecule has 0 unspecified atom stereocenters. The van der Waals surface area contributed by atoms with Crippen LogP contribution in [-0.4, -0.2) is 56.4 Å². The van der Waals surface area contributed by atoms with Crippen molar-refractivity contribution in [1.82, 2.24) is 15.2 Å². The number of alkyl halides is 2. The molecule has 0 aliphatic heterocycles. The van der Waals surface area contributed by atoms with Crippen LogP contribution in [0.25, 0.3) is 0 Å². The number of ether oxygens (including phenoxy) is 3. The molecular weight excluding hydrogens is 521 g/mol. The predicted molar refractivity (Wildman–Crippen MR) is 126 cm³/mol. The maximum atomic E-state index is 12.3. The van der Waals surface area contributed by atoms with Crippen molar-refractivity contribution in [3.8, 4) is 11.6 Å². The number of nitrogens with zero attached hydrogens (tertiary/aromatic N) is 3. The molecule has 172 valence electrons. The minimum Gasteiger partial charge on any atom is -0.475 e. The van der Waals surface area contributed by atoms with Gasteiger partial charge in [0.1, 0.15) is 12.4 Å². The van der Waals surface area contributed by atoms with E-state index in [0.717, 1.165) is 11.1 Å². The fourth-order valence-electron chi connectivity index (χ4n) is 2.65. The van der Waals surface area contributed by atoms with Gasteiger partial charge in [0.15, 0.2) is 5.96 Å². The van der Waals surface area contributed by atoms with Crippen LogP contribution in [0.3, 0.4) is 0 Å². The number of pyridine rings is 1. The Bertz CT molecular complexity index is 794. The maximum Gasteiger partial charge on any atom is 0.387 e. The summed E-state index contributed by atoms with van der Waals surface area (Å²) in [5, 5.41) is 3.25. The van der Waals surface area contributed by atoms with Crippen LogP contribution < -0.4 is 14.8 Å². The van der Waals surface area contributed by atoms with E-state index in [1.807, 2.05) is 31.0 Å². The Morgan fingerprint density at radius 1 is 1.19 bits per heavy atom. The Morgan fingerprint density at radius 2 is 1.94 bits per heavy atom. The highest BCUT2D eigenvalue weighted by Gasteiger charge is 2.10. The molecule has 2 rings (SSSR count). The molecule has 0 amide bonds. The normalized spacial score (nSPS) is 11.1. The molecule has 7 nitrogen and oxygen atoms in total. The molecule has 0 saturated heterocycles. The lowest BCUT2D eigenvalue weighted by Crippen LogP contribution is -2.38. The highest BCUT2D eigenvalue weighted by molar-refractivity contribution is 14.0. The molecule has 1 N–H and O–H groups in total. The van der Waals surface area contributed by atoms with Gasteiger partial charge in [-0.15, -0.1) is 24.0 Å². The average molecular weight is 550 g/mol. The highest BCUT2D eigenvalue weighted by atomic mass is 127. The average Bonchev–Trinajstić information content (AvgIpc) is 2.73. The van der Waals surface area contributed by atoms with E-state index in [1.54, 1.807) is 25.4 Å². The fourth-order valence-corrected chi connectivity index (χ4v) is 2.65. The largest absolute Gasteiger partial charge is 0.475 e. The molecular formula is C21H29F2IN4O3. The van der Waals surface area contributed by atoms with E-state index < -0.39 is 6.61 Å². The number of hydrogen-bond acceptors (Lipinski definition) is 5. The van der Waals surface area contributed by atoms with E-state index in [4.69, 9.17) is 9.47 Å². The number of hydrogen-bond donors (Lipinski definition) is 1. The predicted octanol–water partition coefficient (Wildman–Crippen LogP) is 3.92. The molecule has 0 bridgehead atoms. The minimum absolute atomic E-state index is 0. The van der Waals surface area contributed by atoms with E-state index in [0.29, 0.717) is 44.7 Å². The SMILES string of the molecule is CCNC(=NCc1cccnc1OCCOC)N(C)Cc1ccc(OC(F)F)cc1.I. The summed E-state index contributed by atoms with van der Waals surface area (Å²) in [4.78, 5) is 10.9. The molecule has 1 aromatic carbocycles. The third kappa shape index (κ3) is 9.64. The van der Waals surface area contributed by atoms with Gasteiger partial charge in [0.25, 0.3) is 0 Å². The minimum atomic E-state index is -2.83. The Morgan fingerprint density at radius 3 is 2.58 bits per heavy atom. The Kier molecular flexibility index (Phi) is 12.8. The monoisotopic (exact) mass is 550 g/mol. The first-order valence-electron chi connectivity index (χ1n) is 9.62. The molecule has 0 aliphatic rings. The summed E-state index contributed by atoms with van der Waals surface area (Å²) in [5.41, 5.74) is 1.81. The second kappa shape index (κ2) is 14.7. The molecule has 0 fully saturated rings. The molecule has 0 aliphatic carbocycles. The lowest BCUT2D eigenvalue weighted by atomic mass is 10.2. The molecule has 10 heteroatoms. The number of rotatable bonds is 11.